The van der Waals surface area contributed by atoms with Crippen LogP contribution in [0.5, 0.6) is 17.2 Å². The molecule has 0 amide bonds. The van der Waals surface area contributed by atoms with Gasteiger partial charge in [-0.1, -0.05) is 24.3 Å². The number of fused-ring (bicyclic) bond motifs is 1. The number of aromatic nitrogens is 1. The van der Waals surface area contributed by atoms with Gasteiger partial charge in [0.05, 0.1) is 18.4 Å². The fraction of sp³-hybridized carbons (Fsp3) is 0.130. The number of methoxy groups -OCH3 is 1. The first kappa shape index (κ1) is 17.8. The summed E-state index contributed by atoms with van der Waals surface area (Å²) >= 11 is 0. The van der Waals surface area contributed by atoms with E-state index in [0.29, 0.717) is 35.0 Å². The summed E-state index contributed by atoms with van der Waals surface area (Å²) in [5, 5.41) is 0. The molecule has 2 heterocycles. The standard InChI is InChI=1S/C23H19NO4/c1-26-19-9-10-22-20(13-19)23(25)17(14-27-22)12-16-6-2-3-8-21(16)28-15-18-7-4-5-11-24-18/h2-13H,14-15H2,1H3/b17-12+. The molecule has 4 rings (SSSR count). The van der Waals surface area contributed by atoms with E-state index in [-0.39, 0.29) is 12.4 Å². The highest BCUT2D eigenvalue weighted by molar-refractivity contribution is 6.14. The van der Waals surface area contributed by atoms with Crippen LogP contribution in [0, 0.1) is 0 Å². The summed E-state index contributed by atoms with van der Waals surface area (Å²) in [5.74, 6) is 1.81. The minimum Gasteiger partial charge on any atom is -0.497 e. The molecule has 0 unspecified atom stereocenters. The highest BCUT2D eigenvalue weighted by atomic mass is 16.5. The van der Waals surface area contributed by atoms with Gasteiger partial charge in [-0.25, -0.2) is 0 Å². The van der Waals surface area contributed by atoms with Gasteiger partial charge in [-0.2, -0.15) is 0 Å². The molecule has 28 heavy (non-hydrogen) atoms. The van der Waals surface area contributed by atoms with E-state index >= 15 is 0 Å². The number of Topliss-reactive ketones (excluding diaryl/α,β-unsaturated/α-hetero) is 1. The predicted molar refractivity (Wildman–Crippen MR) is 106 cm³/mol. The number of ether oxygens (including phenoxy) is 3. The largest absolute Gasteiger partial charge is 0.497 e. The van der Waals surface area contributed by atoms with Crippen LogP contribution < -0.4 is 14.2 Å². The van der Waals surface area contributed by atoms with Crippen molar-refractivity contribution in [3.63, 3.8) is 0 Å². The lowest BCUT2D eigenvalue weighted by molar-refractivity contribution is 0.100. The number of benzene rings is 2. The van der Waals surface area contributed by atoms with E-state index in [2.05, 4.69) is 4.98 Å². The van der Waals surface area contributed by atoms with Gasteiger partial charge in [0.2, 0.25) is 0 Å². The first-order valence-corrected chi connectivity index (χ1v) is 8.92. The van der Waals surface area contributed by atoms with Gasteiger partial charge in [-0.05, 0) is 42.5 Å². The number of carbonyl (C=O) groups excluding carboxylic acids is 1. The molecule has 0 saturated heterocycles. The maximum absolute atomic E-state index is 12.9. The quantitative estimate of drug-likeness (QED) is 0.623. The van der Waals surface area contributed by atoms with Crippen molar-refractivity contribution in [2.24, 2.45) is 0 Å². The Hall–Kier alpha value is -3.60. The lowest BCUT2D eigenvalue weighted by Crippen LogP contribution is -2.19. The fourth-order valence-electron chi connectivity index (χ4n) is 2.99. The zero-order valence-electron chi connectivity index (χ0n) is 15.4. The van der Waals surface area contributed by atoms with Crippen molar-refractivity contribution in [2.75, 3.05) is 13.7 Å². The summed E-state index contributed by atoms with van der Waals surface area (Å²) in [6.45, 7) is 0.568. The molecule has 3 aromatic rings. The molecule has 0 radical (unpaired) electrons. The third-order valence-corrected chi connectivity index (χ3v) is 4.46. The summed E-state index contributed by atoms with van der Waals surface area (Å²) < 4.78 is 16.9. The molecule has 1 aliphatic heterocycles. The van der Waals surface area contributed by atoms with Crippen LogP contribution in [0.25, 0.3) is 6.08 Å². The van der Waals surface area contributed by atoms with Crippen molar-refractivity contribution < 1.29 is 19.0 Å². The number of para-hydroxylation sites is 1. The van der Waals surface area contributed by atoms with E-state index in [9.17, 15) is 4.79 Å². The zero-order chi connectivity index (χ0) is 19.3. The Bertz CT molecular complexity index is 1030. The van der Waals surface area contributed by atoms with Gasteiger partial charge < -0.3 is 14.2 Å². The number of hydrogen-bond donors (Lipinski definition) is 0. The lowest BCUT2D eigenvalue weighted by atomic mass is 9.98. The molecule has 0 fully saturated rings. The minimum atomic E-state index is -0.0697. The van der Waals surface area contributed by atoms with Crippen LogP contribution >= 0.6 is 0 Å². The van der Waals surface area contributed by atoms with E-state index in [4.69, 9.17) is 14.2 Å². The van der Waals surface area contributed by atoms with Gasteiger partial charge in [0.1, 0.15) is 30.5 Å². The first-order chi connectivity index (χ1) is 13.7. The Kier molecular flexibility index (Phi) is 5.06. The monoisotopic (exact) mass is 373 g/mol. The van der Waals surface area contributed by atoms with E-state index < -0.39 is 0 Å². The number of pyridine rings is 1. The number of rotatable bonds is 5. The number of ketones is 1. The number of hydrogen-bond acceptors (Lipinski definition) is 5. The lowest BCUT2D eigenvalue weighted by Gasteiger charge is -2.19. The van der Waals surface area contributed by atoms with Gasteiger partial charge in [0.25, 0.3) is 0 Å². The van der Waals surface area contributed by atoms with Gasteiger partial charge in [-0.3, -0.25) is 9.78 Å². The Morgan fingerprint density at radius 2 is 1.96 bits per heavy atom. The smallest absolute Gasteiger partial charge is 0.196 e. The topological polar surface area (TPSA) is 57.7 Å². The third-order valence-electron chi connectivity index (χ3n) is 4.46. The normalized spacial score (nSPS) is 14.3. The van der Waals surface area contributed by atoms with Crippen molar-refractivity contribution in [3.8, 4) is 17.2 Å². The van der Waals surface area contributed by atoms with E-state index in [0.717, 1.165) is 11.3 Å². The molecule has 5 nitrogen and oxygen atoms in total. The average Bonchev–Trinajstić information content (AvgIpc) is 2.75. The Morgan fingerprint density at radius 3 is 2.79 bits per heavy atom. The fourth-order valence-corrected chi connectivity index (χ4v) is 2.99. The van der Waals surface area contributed by atoms with Crippen LogP contribution in [0.3, 0.4) is 0 Å². The molecular formula is C23H19NO4. The molecule has 0 bridgehead atoms. The summed E-state index contributed by atoms with van der Waals surface area (Å²) in [6.07, 6.45) is 3.55. The molecule has 0 saturated carbocycles. The summed E-state index contributed by atoms with van der Waals surface area (Å²) in [4.78, 5) is 17.2. The second-order valence-corrected chi connectivity index (χ2v) is 6.30. The van der Waals surface area contributed by atoms with Crippen molar-refractivity contribution in [1.29, 1.82) is 0 Å². The van der Waals surface area contributed by atoms with Crippen LogP contribution in [-0.2, 0) is 6.61 Å². The van der Waals surface area contributed by atoms with Crippen molar-refractivity contribution in [3.05, 3.63) is 89.3 Å². The number of carbonyl (C=O) groups is 1. The van der Waals surface area contributed by atoms with Gasteiger partial charge >= 0.3 is 0 Å². The molecule has 1 aliphatic rings. The average molecular weight is 373 g/mol. The highest BCUT2D eigenvalue weighted by Crippen LogP contribution is 2.32. The van der Waals surface area contributed by atoms with Gasteiger partial charge in [0, 0.05) is 17.3 Å². The molecule has 5 heteroatoms. The molecule has 0 spiro atoms. The summed E-state index contributed by atoms with van der Waals surface area (Å²) in [5.41, 5.74) is 2.72. The second-order valence-electron chi connectivity index (χ2n) is 6.30. The third kappa shape index (κ3) is 3.74. The Labute approximate surface area is 163 Å². The van der Waals surface area contributed by atoms with E-state index in [1.54, 1.807) is 31.5 Å². The molecule has 2 aromatic carbocycles. The maximum atomic E-state index is 12.9. The van der Waals surface area contributed by atoms with E-state index in [1.807, 2.05) is 48.5 Å². The first-order valence-electron chi connectivity index (χ1n) is 8.92. The zero-order valence-corrected chi connectivity index (χ0v) is 15.4. The van der Waals surface area contributed by atoms with E-state index in [1.165, 1.54) is 0 Å². The van der Waals surface area contributed by atoms with Crippen LogP contribution in [0.15, 0.2) is 72.4 Å². The van der Waals surface area contributed by atoms with Crippen molar-refractivity contribution >= 4 is 11.9 Å². The molecule has 0 N–H and O–H groups in total. The molecule has 0 atom stereocenters. The molecule has 0 aliphatic carbocycles. The van der Waals surface area contributed by atoms with Crippen molar-refractivity contribution in [2.45, 2.75) is 6.61 Å². The molecule has 140 valence electrons. The molecule has 1 aromatic heterocycles. The SMILES string of the molecule is COc1ccc2c(c1)C(=O)/C(=C/c1ccccc1OCc1ccccn1)CO2. The second kappa shape index (κ2) is 7.96. The van der Waals surface area contributed by atoms with Crippen LogP contribution in [0.4, 0.5) is 0 Å². The summed E-state index contributed by atoms with van der Waals surface area (Å²) in [7, 11) is 1.57. The number of nitrogens with zero attached hydrogens (tertiary/aromatic N) is 1. The predicted octanol–water partition coefficient (Wildman–Crippen LogP) is 4.33. The van der Waals surface area contributed by atoms with Crippen LogP contribution in [0.1, 0.15) is 21.6 Å². The van der Waals surface area contributed by atoms with Gasteiger partial charge in [0.15, 0.2) is 5.78 Å². The Morgan fingerprint density at radius 1 is 1.11 bits per heavy atom. The maximum Gasteiger partial charge on any atom is 0.196 e. The van der Waals surface area contributed by atoms with Crippen LogP contribution in [-0.4, -0.2) is 24.5 Å². The van der Waals surface area contributed by atoms with Crippen LogP contribution in [0.2, 0.25) is 0 Å². The Balaban J connectivity index is 1.60. The minimum absolute atomic E-state index is 0.0697. The summed E-state index contributed by atoms with van der Waals surface area (Å²) in [6, 6.07) is 18.5. The molecular weight excluding hydrogens is 354 g/mol. The van der Waals surface area contributed by atoms with Gasteiger partial charge in [-0.15, -0.1) is 0 Å². The van der Waals surface area contributed by atoms with Crippen molar-refractivity contribution in [1.82, 2.24) is 4.98 Å². The highest BCUT2D eigenvalue weighted by Gasteiger charge is 2.24.